The highest BCUT2D eigenvalue weighted by Crippen LogP contribution is 2.14. The zero-order valence-corrected chi connectivity index (χ0v) is 11.0. The number of amides is 1. The summed E-state index contributed by atoms with van der Waals surface area (Å²) in [4.78, 5) is 23.8. The molecule has 108 valence electrons. The van der Waals surface area contributed by atoms with E-state index in [1.807, 2.05) is 30.3 Å². The lowest BCUT2D eigenvalue weighted by Crippen LogP contribution is -2.31. The summed E-state index contributed by atoms with van der Waals surface area (Å²) in [5, 5.41) is 8.53. The molecule has 0 saturated carbocycles. The molecule has 20 heavy (non-hydrogen) atoms. The number of likely N-dealkylation sites (tertiary alicyclic amines) is 1. The van der Waals surface area contributed by atoms with E-state index in [4.69, 9.17) is 14.6 Å². The number of carboxylic acid groups (broad SMARTS) is 1. The monoisotopic (exact) mass is 279 g/mol. The third-order valence-electron chi connectivity index (χ3n) is 3.05. The van der Waals surface area contributed by atoms with E-state index in [9.17, 15) is 9.59 Å². The summed E-state index contributed by atoms with van der Waals surface area (Å²) >= 11 is 0. The minimum absolute atomic E-state index is 0.227. The Labute approximate surface area is 116 Å². The highest BCUT2D eigenvalue weighted by molar-refractivity contribution is 5.68. The quantitative estimate of drug-likeness (QED) is 0.884. The molecule has 0 bridgehead atoms. The van der Waals surface area contributed by atoms with Crippen molar-refractivity contribution in [1.29, 1.82) is 0 Å². The van der Waals surface area contributed by atoms with Crippen LogP contribution in [0.5, 0.6) is 0 Å². The average molecular weight is 279 g/mol. The second kappa shape index (κ2) is 6.91. The third-order valence-corrected chi connectivity index (χ3v) is 3.05. The zero-order valence-electron chi connectivity index (χ0n) is 11.0. The van der Waals surface area contributed by atoms with E-state index in [0.29, 0.717) is 19.5 Å². The van der Waals surface area contributed by atoms with E-state index in [2.05, 4.69) is 0 Å². The molecule has 1 aromatic carbocycles. The first-order chi connectivity index (χ1) is 9.65. The summed E-state index contributed by atoms with van der Waals surface area (Å²) in [6.07, 6.45) is 0.0129. The Balaban J connectivity index is 1.73. The molecule has 1 atom stereocenters. The fraction of sp³-hybridized carbons (Fsp3) is 0.429. The molecule has 6 heteroatoms. The summed E-state index contributed by atoms with van der Waals surface area (Å²) in [6.45, 7) is 0.799. The van der Waals surface area contributed by atoms with Gasteiger partial charge in [-0.2, -0.15) is 0 Å². The molecule has 1 saturated heterocycles. The second-order valence-electron chi connectivity index (χ2n) is 4.60. The van der Waals surface area contributed by atoms with Crippen LogP contribution in [0.15, 0.2) is 30.3 Å². The van der Waals surface area contributed by atoms with E-state index in [1.165, 1.54) is 4.90 Å². The first-order valence-corrected chi connectivity index (χ1v) is 6.44. The summed E-state index contributed by atoms with van der Waals surface area (Å²) < 4.78 is 10.4. The van der Waals surface area contributed by atoms with Gasteiger partial charge < -0.3 is 19.5 Å². The molecule has 6 nitrogen and oxygen atoms in total. The van der Waals surface area contributed by atoms with Gasteiger partial charge in [0.05, 0.1) is 12.6 Å². The minimum atomic E-state index is -1.00. The molecular weight excluding hydrogens is 262 g/mol. The van der Waals surface area contributed by atoms with Gasteiger partial charge in [0.25, 0.3) is 0 Å². The molecule has 1 aromatic rings. The zero-order chi connectivity index (χ0) is 14.4. The lowest BCUT2D eigenvalue weighted by atomic mass is 10.2. The van der Waals surface area contributed by atoms with Crippen LogP contribution < -0.4 is 0 Å². The van der Waals surface area contributed by atoms with Gasteiger partial charge in [0, 0.05) is 6.54 Å². The normalized spacial score (nSPS) is 18.0. The molecular formula is C14H17NO5. The van der Waals surface area contributed by atoms with Gasteiger partial charge in [-0.15, -0.1) is 0 Å². The van der Waals surface area contributed by atoms with Gasteiger partial charge in [-0.05, 0) is 12.0 Å². The van der Waals surface area contributed by atoms with Crippen molar-refractivity contribution in [3.63, 3.8) is 0 Å². The van der Waals surface area contributed by atoms with Crippen LogP contribution >= 0.6 is 0 Å². The fourth-order valence-electron chi connectivity index (χ4n) is 2.03. The molecule has 0 aromatic heterocycles. The molecule has 0 radical (unpaired) electrons. The predicted octanol–water partition coefficient (Wildman–Crippen LogP) is 1.50. The van der Waals surface area contributed by atoms with Crippen LogP contribution in [-0.4, -0.2) is 47.9 Å². The molecule has 1 heterocycles. The van der Waals surface area contributed by atoms with E-state index < -0.39 is 12.1 Å². The number of hydrogen-bond acceptors (Lipinski definition) is 4. The van der Waals surface area contributed by atoms with Crippen molar-refractivity contribution in [1.82, 2.24) is 4.90 Å². The molecule has 2 rings (SSSR count). The Kier molecular flexibility index (Phi) is 4.95. The lowest BCUT2D eigenvalue weighted by molar-refractivity contribution is -0.144. The first kappa shape index (κ1) is 14.3. The Morgan fingerprint density at radius 2 is 2.05 bits per heavy atom. The van der Waals surface area contributed by atoms with Crippen LogP contribution in [-0.2, 0) is 20.9 Å². The summed E-state index contributed by atoms with van der Waals surface area (Å²) in [5.41, 5.74) is 0.929. The first-order valence-electron chi connectivity index (χ1n) is 6.44. The number of hydrogen-bond donors (Lipinski definition) is 1. The van der Waals surface area contributed by atoms with Crippen molar-refractivity contribution >= 4 is 12.1 Å². The second-order valence-corrected chi connectivity index (χ2v) is 4.60. The van der Waals surface area contributed by atoms with Crippen molar-refractivity contribution in [2.45, 2.75) is 19.1 Å². The number of benzene rings is 1. The van der Waals surface area contributed by atoms with Crippen LogP contribution in [0.1, 0.15) is 12.0 Å². The van der Waals surface area contributed by atoms with Crippen molar-refractivity contribution < 1.29 is 24.2 Å². The van der Waals surface area contributed by atoms with Gasteiger partial charge in [-0.25, -0.2) is 9.59 Å². The standard InChI is InChI=1S/C14H17NO5/c16-13(17)10-19-12-6-7-15(8-12)14(18)20-9-11-4-2-1-3-5-11/h1-5,12H,6-10H2,(H,16,17)/t12-/m1/s1. The smallest absolute Gasteiger partial charge is 0.410 e. The van der Waals surface area contributed by atoms with Crippen LogP contribution in [0.25, 0.3) is 0 Å². The number of carbonyl (C=O) groups excluding carboxylic acids is 1. The van der Waals surface area contributed by atoms with Gasteiger partial charge >= 0.3 is 12.1 Å². The van der Waals surface area contributed by atoms with Crippen LogP contribution in [0, 0.1) is 0 Å². The highest BCUT2D eigenvalue weighted by atomic mass is 16.6. The Morgan fingerprint density at radius 1 is 1.30 bits per heavy atom. The molecule has 1 fully saturated rings. The van der Waals surface area contributed by atoms with E-state index in [1.54, 1.807) is 0 Å². The number of rotatable bonds is 5. The van der Waals surface area contributed by atoms with Gasteiger partial charge in [-0.3, -0.25) is 0 Å². The Hall–Kier alpha value is -2.08. The number of carboxylic acids is 1. The van der Waals surface area contributed by atoms with Gasteiger partial charge in [-0.1, -0.05) is 30.3 Å². The van der Waals surface area contributed by atoms with Crippen LogP contribution in [0.4, 0.5) is 4.79 Å². The van der Waals surface area contributed by atoms with Gasteiger partial charge in [0.2, 0.25) is 0 Å². The SMILES string of the molecule is O=C(O)CO[C@@H]1CCN(C(=O)OCc2ccccc2)C1. The summed E-state index contributed by atoms with van der Waals surface area (Å²) in [6, 6.07) is 9.44. The number of aliphatic carboxylic acids is 1. The third kappa shape index (κ3) is 4.24. The fourth-order valence-corrected chi connectivity index (χ4v) is 2.03. The molecule has 1 aliphatic rings. The maximum Gasteiger partial charge on any atom is 0.410 e. The van der Waals surface area contributed by atoms with Gasteiger partial charge in [0.15, 0.2) is 0 Å². The van der Waals surface area contributed by atoms with E-state index in [-0.39, 0.29) is 19.3 Å². The molecule has 1 amide bonds. The Bertz CT molecular complexity index is 462. The Morgan fingerprint density at radius 3 is 2.75 bits per heavy atom. The molecule has 1 aliphatic heterocycles. The highest BCUT2D eigenvalue weighted by Gasteiger charge is 2.28. The number of carbonyl (C=O) groups is 2. The summed E-state index contributed by atoms with van der Waals surface area (Å²) in [5.74, 6) is -1.00. The maximum absolute atomic E-state index is 11.8. The van der Waals surface area contributed by atoms with Gasteiger partial charge in [0.1, 0.15) is 13.2 Å². The predicted molar refractivity (Wildman–Crippen MR) is 70.2 cm³/mol. The maximum atomic E-state index is 11.8. The average Bonchev–Trinajstić information content (AvgIpc) is 2.92. The largest absolute Gasteiger partial charge is 0.480 e. The molecule has 0 spiro atoms. The topological polar surface area (TPSA) is 76.1 Å². The van der Waals surface area contributed by atoms with Crippen molar-refractivity contribution in [2.75, 3.05) is 19.7 Å². The van der Waals surface area contributed by atoms with Crippen molar-refractivity contribution in [3.8, 4) is 0 Å². The minimum Gasteiger partial charge on any atom is -0.480 e. The molecule has 0 unspecified atom stereocenters. The van der Waals surface area contributed by atoms with Crippen LogP contribution in [0.2, 0.25) is 0 Å². The molecule has 1 N–H and O–H groups in total. The van der Waals surface area contributed by atoms with Crippen molar-refractivity contribution in [3.05, 3.63) is 35.9 Å². The number of ether oxygens (including phenoxy) is 2. The molecule has 0 aliphatic carbocycles. The lowest BCUT2D eigenvalue weighted by Gasteiger charge is -2.16. The number of nitrogens with zero attached hydrogens (tertiary/aromatic N) is 1. The van der Waals surface area contributed by atoms with E-state index >= 15 is 0 Å². The van der Waals surface area contributed by atoms with E-state index in [0.717, 1.165) is 5.56 Å². The van der Waals surface area contributed by atoms with Crippen molar-refractivity contribution in [2.24, 2.45) is 0 Å². The van der Waals surface area contributed by atoms with Crippen LogP contribution in [0.3, 0.4) is 0 Å². The summed E-state index contributed by atoms with van der Waals surface area (Å²) in [7, 11) is 0.